The number of aryl methyl sites for hydroxylation is 1. The van der Waals surface area contributed by atoms with E-state index in [2.05, 4.69) is 9.97 Å². The first-order chi connectivity index (χ1) is 9.52. The molecule has 0 aliphatic carbocycles. The van der Waals surface area contributed by atoms with Gasteiger partial charge >= 0.3 is 12.5 Å². The molecule has 6 nitrogen and oxygen atoms in total. The van der Waals surface area contributed by atoms with Gasteiger partial charge in [-0.15, -0.1) is 0 Å². The molecule has 0 spiro atoms. The van der Waals surface area contributed by atoms with Crippen molar-refractivity contribution >= 4 is 22.4 Å². The van der Waals surface area contributed by atoms with E-state index in [1.807, 2.05) is 6.92 Å². The maximum Gasteiger partial charge on any atom is 0.350 e. The van der Waals surface area contributed by atoms with Crippen LogP contribution in [-0.4, -0.2) is 20.5 Å². The van der Waals surface area contributed by atoms with Gasteiger partial charge in [0.1, 0.15) is 11.5 Å². The van der Waals surface area contributed by atoms with Crippen LogP contribution in [0.25, 0.3) is 0 Å². The van der Waals surface area contributed by atoms with Crippen LogP contribution in [0.4, 0.5) is 13.9 Å². The zero-order valence-corrected chi connectivity index (χ0v) is 11.4. The Bertz CT molecular complexity index is 611. The summed E-state index contributed by atoms with van der Waals surface area (Å²) < 4.78 is 30.8. The number of alkyl halides is 2. The summed E-state index contributed by atoms with van der Waals surface area (Å²) in [6, 6.07) is 0. The summed E-state index contributed by atoms with van der Waals surface area (Å²) in [7, 11) is 0. The van der Waals surface area contributed by atoms with Crippen molar-refractivity contribution in [3.63, 3.8) is 0 Å². The first-order valence-electron chi connectivity index (χ1n) is 5.75. The highest BCUT2D eigenvalue weighted by atomic mass is 32.1. The van der Waals surface area contributed by atoms with Gasteiger partial charge in [0.25, 0.3) is 0 Å². The average molecular weight is 302 g/mol. The van der Waals surface area contributed by atoms with Crippen molar-refractivity contribution in [3.8, 4) is 0 Å². The number of nitrogens with two attached hydrogens (primary N) is 1. The summed E-state index contributed by atoms with van der Waals surface area (Å²) in [5, 5.41) is 0.267. The Hall–Kier alpha value is -2.03. The SMILES string of the molecule is CCc1nc(N)sc1C(=O)OCc1nccn1C(F)F. The van der Waals surface area contributed by atoms with Crippen molar-refractivity contribution < 1.29 is 18.3 Å². The third kappa shape index (κ3) is 2.93. The van der Waals surface area contributed by atoms with Crippen molar-refractivity contribution in [1.82, 2.24) is 14.5 Å². The molecule has 9 heteroatoms. The quantitative estimate of drug-likeness (QED) is 0.856. The van der Waals surface area contributed by atoms with Crippen molar-refractivity contribution in [1.29, 1.82) is 0 Å². The van der Waals surface area contributed by atoms with Gasteiger partial charge in [-0.1, -0.05) is 18.3 Å². The predicted octanol–water partition coefficient (Wildman–Crippen LogP) is 2.24. The largest absolute Gasteiger partial charge is 0.453 e. The van der Waals surface area contributed by atoms with Gasteiger partial charge in [-0.3, -0.25) is 4.57 Å². The van der Waals surface area contributed by atoms with Gasteiger partial charge in [-0.2, -0.15) is 8.78 Å². The molecular weight excluding hydrogens is 290 g/mol. The molecule has 2 aromatic heterocycles. The highest BCUT2D eigenvalue weighted by Crippen LogP contribution is 2.22. The van der Waals surface area contributed by atoms with E-state index in [-0.39, 0.29) is 17.6 Å². The molecular formula is C11H12F2N4O2S. The van der Waals surface area contributed by atoms with Gasteiger partial charge in [0.2, 0.25) is 0 Å². The molecule has 0 aliphatic heterocycles. The number of esters is 1. The number of rotatable bonds is 5. The molecule has 0 saturated carbocycles. The third-order valence-electron chi connectivity index (χ3n) is 2.53. The van der Waals surface area contributed by atoms with Crippen LogP contribution in [-0.2, 0) is 17.8 Å². The lowest BCUT2D eigenvalue weighted by Gasteiger charge is -2.07. The molecule has 0 saturated heterocycles. The van der Waals surface area contributed by atoms with Gasteiger partial charge in [-0.05, 0) is 6.42 Å². The van der Waals surface area contributed by atoms with Gasteiger partial charge in [-0.25, -0.2) is 14.8 Å². The fourth-order valence-corrected chi connectivity index (χ4v) is 2.41. The molecule has 2 aromatic rings. The molecule has 2 rings (SSSR count). The number of anilines is 1. The van der Waals surface area contributed by atoms with Crippen LogP contribution in [0.2, 0.25) is 0 Å². The average Bonchev–Trinajstić information content (AvgIpc) is 3.01. The molecule has 0 aromatic carbocycles. The Labute approximate surface area is 117 Å². The number of hydrogen-bond acceptors (Lipinski definition) is 6. The Morgan fingerprint density at radius 3 is 3.00 bits per heavy atom. The molecule has 108 valence electrons. The molecule has 2 N–H and O–H groups in total. The number of carbonyl (C=O) groups is 1. The summed E-state index contributed by atoms with van der Waals surface area (Å²) in [6.07, 6.45) is 2.87. The molecule has 20 heavy (non-hydrogen) atoms. The van der Waals surface area contributed by atoms with Gasteiger partial charge in [0.05, 0.1) is 5.69 Å². The molecule has 0 radical (unpaired) electrons. The summed E-state index contributed by atoms with van der Waals surface area (Å²) in [5.41, 5.74) is 6.07. The van der Waals surface area contributed by atoms with E-state index in [4.69, 9.17) is 10.5 Å². The number of nitrogen functional groups attached to an aromatic ring is 1. The van der Waals surface area contributed by atoms with E-state index in [0.29, 0.717) is 21.6 Å². The Morgan fingerprint density at radius 1 is 1.60 bits per heavy atom. The van der Waals surface area contributed by atoms with E-state index >= 15 is 0 Å². The van der Waals surface area contributed by atoms with Crippen molar-refractivity contribution in [2.45, 2.75) is 26.5 Å². The molecule has 2 heterocycles. The lowest BCUT2D eigenvalue weighted by molar-refractivity contribution is 0.0379. The molecule has 0 aliphatic rings. The van der Waals surface area contributed by atoms with Gasteiger partial charge < -0.3 is 10.5 Å². The minimum absolute atomic E-state index is 0.0242. The smallest absolute Gasteiger partial charge is 0.350 e. The van der Waals surface area contributed by atoms with Crippen LogP contribution in [0.1, 0.15) is 34.7 Å². The van der Waals surface area contributed by atoms with Crippen molar-refractivity contribution in [3.05, 3.63) is 28.8 Å². The Morgan fingerprint density at radius 2 is 2.35 bits per heavy atom. The summed E-state index contributed by atoms with van der Waals surface area (Å²) >= 11 is 1.01. The number of carbonyl (C=O) groups excluding carboxylic acids is 1. The summed E-state index contributed by atoms with van der Waals surface area (Å²) in [5.74, 6) is -0.663. The van der Waals surface area contributed by atoms with Crippen LogP contribution in [0.3, 0.4) is 0 Å². The molecule has 0 fully saturated rings. The topological polar surface area (TPSA) is 83.0 Å². The number of ether oxygens (including phenoxy) is 1. The summed E-state index contributed by atoms with van der Waals surface area (Å²) in [6.45, 7) is -1.23. The van der Waals surface area contributed by atoms with E-state index in [1.165, 1.54) is 6.20 Å². The fourth-order valence-electron chi connectivity index (χ4n) is 1.60. The zero-order valence-electron chi connectivity index (χ0n) is 10.5. The number of hydrogen-bond donors (Lipinski definition) is 1. The molecule has 0 unspecified atom stereocenters. The van der Waals surface area contributed by atoms with Crippen LogP contribution < -0.4 is 5.73 Å². The van der Waals surface area contributed by atoms with E-state index in [1.54, 1.807) is 0 Å². The van der Waals surface area contributed by atoms with Crippen LogP contribution in [0.5, 0.6) is 0 Å². The zero-order chi connectivity index (χ0) is 14.7. The Balaban J connectivity index is 2.07. The second-order valence-electron chi connectivity index (χ2n) is 3.79. The molecule has 0 bridgehead atoms. The van der Waals surface area contributed by atoms with Crippen LogP contribution >= 0.6 is 11.3 Å². The standard InChI is InChI=1S/C11H12F2N4O2S/c1-2-6-8(20-11(14)16-6)9(18)19-5-7-15-3-4-17(7)10(12)13/h3-4,10H,2,5H2,1H3,(H2,14,16). The van der Waals surface area contributed by atoms with Crippen molar-refractivity contribution in [2.75, 3.05) is 5.73 Å². The number of imidazole rings is 1. The molecule has 0 atom stereocenters. The van der Waals surface area contributed by atoms with Gasteiger partial charge in [0.15, 0.2) is 11.0 Å². The first-order valence-corrected chi connectivity index (χ1v) is 6.56. The van der Waals surface area contributed by atoms with Crippen LogP contribution in [0, 0.1) is 0 Å². The molecule has 0 amide bonds. The lowest BCUT2D eigenvalue weighted by atomic mass is 10.3. The van der Waals surface area contributed by atoms with Crippen LogP contribution in [0.15, 0.2) is 12.4 Å². The van der Waals surface area contributed by atoms with Crippen molar-refractivity contribution in [2.24, 2.45) is 0 Å². The fraction of sp³-hybridized carbons (Fsp3) is 0.364. The normalized spacial score (nSPS) is 11.0. The maximum atomic E-state index is 12.6. The highest BCUT2D eigenvalue weighted by molar-refractivity contribution is 7.17. The van der Waals surface area contributed by atoms with E-state index < -0.39 is 12.5 Å². The van der Waals surface area contributed by atoms with E-state index in [9.17, 15) is 13.6 Å². The monoisotopic (exact) mass is 302 g/mol. The Kier molecular flexibility index (Phi) is 4.28. The number of halogens is 2. The van der Waals surface area contributed by atoms with Gasteiger partial charge in [0, 0.05) is 12.4 Å². The highest BCUT2D eigenvalue weighted by Gasteiger charge is 2.19. The second-order valence-corrected chi connectivity index (χ2v) is 4.82. The minimum atomic E-state index is -2.73. The van der Waals surface area contributed by atoms with E-state index in [0.717, 1.165) is 17.5 Å². The number of nitrogens with zero attached hydrogens (tertiary/aromatic N) is 3. The number of thiazole rings is 1. The lowest BCUT2D eigenvalue weighted by Crippen LogP contribution is -2.10. The summed E-state index contributed by atoms with van der Waals surface area (Å²) in [4.78, 5) is 19.9. The predicted molar refractivity (Wildman–Crippen MR) is 68.5 cm³/mol. The number of aromatic nitrogens is 3. The first kappa shape index (κ1) is 14.4. The second kappa shape index (κ2) is 5.95. The minimum Gasteiger partial charge on any atom is -0.453 e. The maximum absolute atomic E-state index is 12.6. The third-order valence-corrected chi connectivity index (χ3v) is 3.43.